The maximum atomic E-state index is 9.13. The number of hydrogen-bond donors (Lipinski definition) is 2. The van der Waals surface area contributed by atoms with Crippen LogP contribution in [0.1, 0.15) is 39.2 Å². The van der Waals surface area contributed by atoms with Crippen LogP contribution < -0.4 is 10.6 Å². The molecule has 1 aliphatic heterocycles. The topological polar surface area (TPSA) is 102 Å². The first-order valence-electron chi connectivity index (χ1n) is 8.75. The van der Waals surface area contributed by atoms with Gasteiger partial charge in [-0.05, 0) is 38.7 Å². The van der Waals surface area contributed by atoms with E-state index in [4.69, 9.17) is 33.2 Å². The Balaban J connectivity index is 0.000000293. The Kier molecular flexibility index (Phi) is 9.49. The van der Waals surface area contributed by atoms with Crippen LogP contribution in [0.2, 0.25) is 0 Å². The highest BCUT2D eigenvalue weighted by atomic mass is 32.1. The predicted octanol–water partition coefficient (Wildman–Crippen LogP) is 3.96. The zero-order chi connectivity index (χ0) is 20.4. The Hall–Kier alpha value is -2.42. The maximum Gasteiger partial charge on any atom is 0.123 e. The molecule has 8 heteroatoms. The number of thiocarbonyl (C=S) groups is 1. The largest absolute Gasteiger partial charge is 0.497 e. The summed E-state index contributed by atoms with van der Waals surface area (Å²) in [6, 6.07) is 6.02. The van der Waals surface area contributed by atoms with E-state index < -0.39 is 0 Å². The van der Waals surface area contributed by atoms with Crippen molar-refractivity contribution < 1.29 is 4.74 Å². The van der Waals surface area contributed by atoms with Gasteiger partial charge in [0.1, 0.15) is 38.7 Å². The summed E-state index contributed by atoms with van der Waals surface area (Å²) in [5.74, 6) is 1.18. The van der Waals surface area contributed by atoms with Crippen LogP contribution in [0.5, 0.6) is 0 Å². The van der Waals surface area contributed by atoms with E-state index in [2.05, 4.69) is 35.1 Å². The van der Waals surface area contributed by atoms with E-state index >= 15 is 0 Å². The van der Waals surface area contributed by atoms with Gasteiger partial charge < -0.3 is 20.4 Å². The van der Waals surface area contributed by atoms with Gasteiger partial charge in [-0.25, -0.2) is 0 Å². The van der Waals surface area contributed by atoms with E-state index in [0.29, 0.717) is 28.5 Å². The fraction of sp³-hybridized carbons (Fsp3) is 0.474. The zero-order valence-electron chi connectivity index (χ0n) is 15.9. The highest BCUT2D eigenvalue weighted by molar-refractivity contribution is 7.80. The SMILES string of the molecule is CC1CCCN(c2cc[nH]c(=S)c2C#N)C1.CCO/C(C)=C(/C#N)C(N)=S. The van der Waals surface area contributed by atoms with Gasteiger partial charge in [-0.2, -0.15) is 10.5 Å². The van der Waals surface area contributed by atoms with Gasteiger partial charge in [0.05, 0.1) is 12.3 Å². The molecule has 0 spiro atoms. The Morgan fingerprint density at radius 3 is 2.70 bits per heavy atom. The molecule has 1 aromatic rings. The summed E-state index contributed by atoms with van der Waals surface area (Å²) < 4.78 is 5.59. The Bertz CT molecular complexity index is 832. The molecular weight excluding hydrogens is 378 g/mol. The van der Waals surface area contributed by atoms with Crippen molar-refractivity contribution in [2.45, 2.75) is 33.6 Å². The quantitative estimate of drug-likeness (QED) is 0.339. The predicted molar refractivity (Wildman–Crippen MR) is 114 cm³/mol. The molecular formula is C19H25N5OS2. The van der Waals surface area contributed by atoms with Crippen LogP contribution in [0.25, 0.3) is 0 Å². The van der Waals surface area contributed by atoms with Gasteiger partial charge in [0.25, 0.3) is 0 Å². The molecule has 1 unspecified atom stereocenters. The number of allylic oxidation sites excluding steroid dienone is 1. The smallest absolute Gasteiger partial charge is 0.123 e. The van der Waals surface area contributed by atoms with Gasteiger partial charge in [-0.1, -0.05) is 31.4 Å². The molecule has 0 amide bonds. The van der Waals surface area contributed by atoms with Crippen molar-refractivity contribution in [3.63, 3.8) is 0 Å². The van der Waals surface area contributed by atoms with Crippen molar-refractivity contribution in [3.8, 4) is 12.1 Å². The minimum absolute atomic E-state index is 0.0819. The third-order valence-corrected chi connectivity index (χ3v) is 4.65. The molecule has 1 aromatic heterocycles. The molecule has 1 atom stereocenters. The van der Waals surface area contributed by atoms with Gasteiger partial charge in [-0.3, -0.25) is 0 Å². The monoisotopic (exact) mass is 403 g/mol. The highest BCUT2D eigenvalue weighted by Crippen LogP contribution is 2.25. The Labute approximate surface area is 171 Å². The molecule has 0 radical (unpaired) electrons. The first-order chi connectivity index (χ1) is 12.8. The number of anilines is 1. The molecule has 1 aliphatic rings. The summed E-state index contributed by atoms with van der Waals surface area (Å²) in [6.45, 7) is 8.31. The fourth-order valence-electron chi connectivity index (χ4n) is 2.84. The van der Waals surface area contributed by atoms with E-state index in [1.807, 2.05) is 25.3 Å². The molecule has 2 rings (SSSR count). The lowest BCUT2D eigenvalue weighted by atomic mass is 9.99. The van der Waals surface area contributed by atoms with Gasteiger partial charge in [0, 0.05) is 19.3 Å². The average molecular weight is 404 g/mol. The van der Waals surface area contributed by atoms with Gasteiger partial charge in [0.15, 0.2) is 0 Å². The van der Waals surface area contributed by atoms with Crippen molar-refractivity contribution in [3.05, 3.63) is 33.8 Å². The molecule has 0 aromatic carbocycles. The summed E-state index contributed by atoms with van der Waals surface area (Å²) in [5.41, 5.74) is 7.09. The minimum atomic E-state index is 0.0819. The van der Waals surface area contributed by atoms with Crippen LogP contribution >= 0.6 is 24.4 Å². The number of nitrogens with two attached hydrogens (primary N) is 1. The molecule has 1 saturated heterocycles. The van der Waals surface area contributed by atoms with E-state index in [1.165, 1.54) is 12.8 Å². The fourth-order valence-corrected chi connectivity index (χ4v) is 3.25. The van der Waals surface area contributed by atoms with Crippen LogP contribution in [0, 0.1) is 33.2 Å². The molecule has 1 fully saturated rings. The number of aromatic nitrogens is 1. The lowest BCUT2D eigenvalue weighted by molar-refractivity contribution is 0.230. The summed E-state index contributed by atoms with van der Waals surface area (Å²) in [5, 5.41) is 17.7. The Morgan fingerprint density at radius 1 is 1.48 bits per heavy atom. The molecule has 0 saturated carbocycles. The number of H-pyrrole nitrogens is 1. The van der Waals surface area contributed by atoms with Crippen molar-refractivity contribution in [2.75, 3.05) is 24.6 Å². The first-order valence-corrected chi connectivity index (χ1v) is 9.57. The number of piperidine rings is 1. The van der Waals surface area contributed by atoms with Gasteiger partial charge >= 0.3 is 0 Å². The second-order valence-corrected chi connectivity index (χ2v) is 7.06. The van der Waals surface area contributed by atoms with Crippen LogP contribution in [0.15, 0.2) is 23.6 Å². The highest BCUT2D eigenvalue weighted by Gasteiger charge is 2.19. The lowest BCUT2D eigenvalue weighted by Gasteiger charge is -2.33. The summed E-state index contributed by atoms with van der Waals surface area (Å²) in [4.78, 5) is 5.26. The number of aromatic amines is 1. The molecule has 2 heterocycles. The van der Waals surface area contributed by atoms with Crippen LogP contribution in [-0.4, -0.2) is 29.7 Å². The molecule has 6 nitrogen and oxygen atoms in total. The van der Waals surface area contributed by atoms with E-state index in [0.717, 1.165) is 18.8 Å². The second kappa shape index (κ2) is 11.3. The van der Waals surface area contributed by atoms with E-state index in [1.54, 1.807) is 6.92 Å². The average Bonchev–Trinajstić information content (AvgIpc) is 2.62. The zero-order valence-corrected chi connectivity index (χ0v) is 17.5. The molecule has 3 N–H and O–H groups in total. The van der Waals surface area contributed by atoms with Gasteiger partial charge in [-0.15, -0.1) is 0 Å². The summed E-state index contributed by atoms with van der Waals surface area (Å²) in [7, 11) is 0. The second-order valence-electron chi connectivity index (χ2n) is 6.21. The minimum Gasteiger partial charge on any atom is -0.497 e. The van der Waals surface area contributed by atoms with Crippen LogP contribution in [0.4, 0.5) is 5.69 Å². The van der Waals surface area contributed by atoms with E-state index in [-0.39, 0.29) is 10.6 Å². The Morgan fingerprint density at radius 2 is 2.19 bits per heavy atom. The number of ether oxygens (including phenoxy) is 1. The number of rotatable bonds is 4. The molecule has 0 aliphatic carbocycles. The summed E-state index contributed by atoms with van der Waals surface area (Å²) >= 11 is 9.76. The van der Waals surface area contributed by atoms with Crippen molar-refractivity contribution in [1.82, 2.24) is 4.98 Å². The molecule has 27 heavy (non-hydrogen) atoms. The lowest BCUT2D eigenvalue weighted by Crippen LogP contribution is -2.34. The van der Waals surface area contributed by atoms with Crippen molar-refractivity contribution >= 4 is 35.1 Å². The first kappa shape index (κ1) is 22.6. The van der Waals surface area contributed by atoms with Crippen LogP contribution in [-0.2, 0) is 4.74 Å². The van der Waals surface area contributed by atoms with Gasteiger partial charge in [0.2, 0.25) is 0 Å². The third-order valence-electron chi connectivity index (χ3n) is 4.12. The summed E-state index contributed by atoms with van der Waals surface area (Å²) in [6.07, 6.45) is 4.28. The molecule has 0 bridgehead atoms. The maximum absolute atomic E-state index is 9.13. The van der Waals surface area contributed by atoms with Crippen LogP contribution in [0.3, 0.4) is 0 Å². The number of nitrogens with one attached hydrogen (secondary N) is 1. The van der Waals surface area contributed by atoms with Crippen molar-refractivity contribution in [2.24, 2.45) is 11.7 Å². The van der Waals surface area contributed by atoms with E-state index in [9.17, 15) is 0 Å². The molecule has 144 valence electrons. The number of nitrogens with zero attached hydrogens (tertiary/aromatic N) is 3. The van der Waals surface area contributed by atoms with Crippen molar-refractivity contribution in [1.29, 1.82) is 10.5 Å². The standard InChI is InChI=1S/C12H15N3S.C7H10N2OS/c1-9-3-2-6-15(8-9)11-4-5-14-12(16)10(11)7-13;1-3-10-5(2)6(4-8)7(9)11/h4-5,9H,2-3,6,8H2,1H3,(H,14,16);3H2,1-2H3,(H2,9,11)/b;6-5-. The number of hydrogen-bond acceptors (Lipinski definition) is 6. The third kappa shape index (κ3) is 6.67. The number of pyridine rings is 1. The number of nitriles is 2. The normalized spacial score (nSPS) is 16.8.